The second-order valence-electron chi connectivity index (χ2n) is 6.87. The van der Waals surface area contributed by atoms with Gasteiger partial charge in [-0.1, -0.05) is 13.8 Å². The van der Waals surface area contributed by atoms with E-state index < -0.39 is 35.1 Å². The minimum absolute atomic E-state index is 0.0677. The molecule has 0 amide bonds. The summed E-state index contributed by atoms with van der Waals surface area (Å²) >= 11 is 0. The molecule has 2 aliphatic heterocycles. The first-order chi connectivity index (χ1) is 10.9. The highest BCUT2D eigenvalue weighted by molar-refractivity contribution is 7.95. The maximum Gasteiger partial charge on any atom is 0.218 e. The first-order valence-corrected chi connectivity index (χ1v) is 13.0. The number of nitrogens with zero attached hydrogens (tertiary/aromatic N) is 2. The Kier molecular flexibility index (Phi) is 6.01. The lowest BCUT2D eigenvalue weighted by molar-refractivity contribution is 0.270. The van der Waals surface area contributed by atoms with Crippen molar-refractivity contribution in [2.24, 2.45) is 5.92 Å². The molecule has 11 heteroatoms. The molecule has 2 aliphatic rings. The third-order valence-electron chi connectivity index (χ3n) is 4.52. The van der Waals surface area contributed by atoms with Crippen molar-refractivity contribution < 1.29 is 25.3 Å². The van der Waals surface area contributed by atoms with E-state index in [4.69, 9.17) is 0 Å². The zero-order chi connectivity index (χ0) is 18.2. The largest absolute Gasteiger partial charge is 0.229 e. The van der Waals surface area contributed by atoms with Crippen LogP contribution in [0.4, 0.5) is 0 Å². The molecule has 0 aromatic heterocycles. The zero-order valence-electron chi connectivity index (χ0n) is 14.1. The van der Waals surface area contributed by atoms with Gasteiger partial charge >= 0.3 is 0 Å². The lowest BCUT2D eigenvalue weighted by Crippen LogP contribution is -2.53. The quantitative estimate of drug-likeness (QED) is 0.592. The van der Waals surface area contributed by atoms with E-state index in [0.29, 0.717) is 6.42 Å². The van der Waals surface area contributed by atoms with E-state index in [0.717, 1.165) is 0 Å². The van der Waals surface area contributed by atoms with Crippen molar-refractivity contribution in [1.29, 1.82) is 0 Å². The Balaban J connectivity index is 1.97. The van der Waals surface area contributed by atoms with Crippen LogP contribution in [0.25, 0.3) is 0 Å². The van der Waals surface area contributed by atoms with Crippen LogP contribution in [0.3, 0.4) is 0 Å². The highest BCUT2D eigenvalue weighted by Crippen LogP contribution is 2.23. The van der Waals surface area contributed by atoms with Crippen molar-refractivity contribution >= 4 is 29.9 Å². The molecular formula is C13H26N2O6S3. The predicted octanol–water partition coefficient (Wildman–Crippen LogP) is -0.503. The maximum absolute atomic E-state index is 12.5. The maximum atomic E-state index is 12.5. The van der Waals surface area contributed by atoms with E-state index in [1.165, 1.54) is 8.61 Å². The molecule has 142 valence electrons. The fraction of sp³-hybridized carbons (Fsp3) is 1.00. The van der Waals surface area contributed by atoms with E-state index in [-0.39, 0.29) is 55.8 Å². The summed E-state index contributed by atoms with van der Waals surface area (Å²) in [5.74, 6) is -0.0770. The molecule has 0 aromatic carbocycles. The molecule has 24 heavy (non-hydrogen) atoms. The van der Waals surface area contributed by atoms with Gasteiger partial charge < -0.3 is 0 Å². The van der Waals surface area contributed by atoms with Crippen molar-refractivity contribution in [2.45, 2.75) is 31.9 Å². The van der Waals surface area contributed by atoms with E-state index in [1.54, 1.807) is 0 Å². The molecular weight excluding hydrogens is 376 g/mol. The molecule has 8 nitrogen and oxygen atoms in total. The Morgan fingerprint density at radius 3 is 2.00 bits per heavy atom. The van der Waals surface area contributed by atoms with Crippen molar-refractivity contribution in [1.82, 2.24) is 8.61 Å². The van der Waals surface area contributed by atoms with Crippen molar-refractivity contribution in [2.75, 3.05) is 43.4 Å². The third-order valence-corrected chi connectivity index (χ3v) is 10.7. The van der Waals surface area contributed by atoms with Gasteiger partial charge in [0, 0.05) is 26.2 Å². The van der Waals surface area contributed by atoms with Crippen LogP contribution in [-0.2, 0) is 29.9 Å². The number of rotatable bonds is 6. The molecule has 1 unspecified atom stereocenters. The molecule has 1 atom stereocenters. The molecule has 0 bridgehead atoms. The van der Waals surface area contributed by atoms with Crippen LogP contribution < -0.4 is 0 Å². The lowest BCUT2D eigenvalue weighted by Gasteiger charge is -2.34. The number of hydrogen-bond acceptors (Lipinski definition) is 6. The highest BCUT2D eigenvalue weighted by Gasteiger charge is 2.42. The van der Waals surface area contributed by atoms with Gasteiger partial charge in [-0.25, -0.2) is 25.3 Å². The Morgan fingerprint density at radius 1 is 1.00 bits per heavy atom. The smallest absolute Gasteiger partial charge is 0.218 e. The standard InChI is InChI=1S/C13H26N2O6S3/c1-12(2)3-10-23(18,19)14-5-7-15(8-6-14)24(20,21)13-4-9-22(16,17)11-13/h12-13H,3-11H2,1-2H3. The summed E-state index contributed by atoms with van der Waals surface area (Å²) in [6, 6.07) is 0. The summed E-state index contributed by atoms with van der Waals surface area (Å²) in [7, 11) is -10.3. The van der Waals surface area contributed by atoms with Gasteiger partial charge in [-0.15, -0.1) is 0 Å². The third kappa shape index (κ3) is 4.69. The second-order valence-corrected chi connectivity index (χ2v) is 13.4. The molecule has 2 heterocycles. The van der Waals surface area contributed by atoms with Gasteiger partial charge in [-0.05, 0) is 18.8 Å². The number of sulfone groups is 1. The zero-order valence-corrected chi connectivity index (χ0v) is 16.5. The minimum Gasteiger partial charge on any atom is -0.229 e. The van der Waals surface area contributed by atoms with Crippen molar-refractivity contribution in [3.63, 3.8) is 0 Å². The van der Waals surface area contributed by atoms with E-state index in [1.807, 2.05) is 13.8 Å². The van der Waals surface area contributed by atoms with Gasteiger partial charge in [-0.3, -0.25) is 0 Å². The molecule has 2 saturated heterocycles. The fourth-order valence-electron chi connectivity index (χ4n) is 2.92. The SMILES string of the molecule is CC(C)CCS(=O)(=O)N1CCN(S(=O)(=O)C2CCS(=O)(=O)C2)CC1. The number of hydrogen-bond donors (Lipinski definition) is 0. The lowest BCUT2D eigenvalue weighted by atomic mass is 10.2. The molecule has 0 spiro atoms. The van der Waals surface area contributed by atoms with Crippen LogP contribution in [0.15, 0.2) is 0 Å². The fourth-order valence-corrected chi connectivity index (χ4v) is 9.18. The van der Waals surface area contributed by atoms with Crippen LogP contribution >= 0.6 is 0 Å². The monoisotopic (exact) mass is 402 g/mol. The van der Waals surface area contributed by atoms with Crippen LogP contribution in [0, 0.1) is 5.92 Å². The van der Waals surface area contributed by atoms with Crippen molar-refractivity contribution in [3.05, 3.63) is 0 Å². The summed E-state index contributed by atoms with van der Waals surface area (Å²) in [5, 5.41) is -0.897. The van der Waals surface area contributed by atoms with Gasteiger partial charge in [0.2, 0.25) is 20.0 Å². The predicted molar refractivity (Wildman–Crippen MR) is 92.4 cm³/mol. The first-order valence-electron chi connectivity index (χ1n) is 8.11. The average molecular weight is 403 g/mol. The molecule has 2 rings (SSSR count). The molecule has 0 N–H and O–H groups in total. The highest BCUT2D eigenvalue weighted by atomic mass is 32.2. The van der Waals surface area contributed by atoms with Gasteiger partial charge in [0.1, 0.15) is 0 Å². The first kappa shape index (κ1) is 20.1. The van der Waals surface area contributed by atoms with Crippen LogP contribution in [-0.4, -0.2) is 82.6 Å². The minimum atomic E-state index is -3.69. The topological polar surface area (TPSA) is 109 Å². The Bertz CT molecular complexity index is 750. The summed E-state index contributed by atoms with van der Waals surface area (Å²) in [5.41, 5.74) is 0. The average Bonchev–Trinajstić information content (AvgIpc) is 2.86. The Labute approximate surface area is 145 Å². The van der Waals surface area contributed by atoms with Crippen LogP contribution in [0.1, 0.15) is 26.7 Å². The Hall–Kier alpha value is -0.230. The van der Waals surface area contributed by atoms with Gasteiger partial charge in [-0.2, -0.15) is 8.61 Å². The van der Waals surface area contributed by atoms with Gasteiger partial charge in [0.25, 0.3) is 0 Å². The molecule has 0 radical (unpaired) electrons. The van der Waals surface area contributed by atoms with Gasteiger partial charge in [0.15, 0.2) is 9.84 Å². The molecule has 0 aromatic rings. The summed E-state index contributed by atoms with van der Waals surface area (Å²) in [4.78, 5) is 0. The van der Waals surface area contributed by atoms with Crippen LogP contribution in [0.5, 0.6) is 0 Å². The summed E-state index contributed by atoms with van der Waals surface area (Å²) < 4.78 is 75.2. The Morgan fingerprint density at radius 2 is 1.54 bits per heavy atom. The van der Waals surface area contributed by atoms with E-state index in [9.17, 15) is 25.3 Å². The van der Waals surface area contributed by atoms with Crippen molar-refractivity contribution in [3.8, 4) is 0 Å². The molecule has 0 saturated carbocycles. The van der Waals surface area contributed by atoms with Crippen LogP contribution in [0.2, 0.25) is 0 Å². The van der Waals surface area contributed by atoms with E-state index >= 15 is 0 Å². The van der Waals surface area contributed by atoms with Gasteiger partial charge in [0.05, 0.1) is 22.5 Å². The molecule has 2 fully saturated rings. The number of sulfonamides is 2. The molecule has 0 aliphatic carbocycles. The summed E-state index contributed by atoms with van der Waals surface area (Å²) in [6.45, 7) is 4.32. The van der Waals surface area contributed by atoms with E-state index in [2.05, 4.69) is 0 Å². The normalized spacial score (nSPS) is 26.9. The second kappa shape index (κ2) is 7.18. The summed E-state index contributed by atoms with van der Waals surface area (Å²) in [6.07, 6.45) is 0.693. The number of piperazine rings is 1.